The molecular weight excluding hydrogens is 456 g/mol. The SMILES string of the molecule is Cc1cc(CNc2ccc3[nH]c(=O)c(-c4nc5ccc(N6CCN(C)CC6)cc5[nH]4)c(N)c3c2)no1. The lowest BCUT2D eigenvalue weighted by Crippen LogP contribution is -2.44. The van der Waals surface area contributed by atoms with Crippen LogP contribution in [0.4, 0.5) is 17.1 Å². The van der Waals surface area contributed by atoms with E-state index >= 15 is 0 Å². The number of anilines is 3. The van der Waals surface area contributed by atoms with Crippen molar-refractivity contribution >= 4 is 39.0 Å². The minimum Gasteiger partial charge on any atom is -0.397 e. The van der Waals surface area contributed by atoms with Crippen molar-refractivity contribution < 1.29 is 4.52 Å². The second kappa shape index (κ2) is 8.72. The number of benzene rings is 2. The van der Waals surface area contributed by atoms with Gasteiger partial charge in [0.1, 0.15) is 22.8 Å². The van der Waals surface area contributed by atoms with Gasteiger partial charge in [-0.3, -0.25) is 4.79 Å². The van der Waals surface area contributed by atoms with Crippen LogP contribution in [0.3, 0.4) is 0 Å². The summed E-state index contributed by atoms with van der Waals surface area (Å²) in [5.74, 6) is 1.22. The average molecular weight is 485 g/mol. The second-order valence-corrected chi connectivity index (χ2v) is 9.36. The molecule has 5 aromatic rings. The third-order valence-corrected chi connectivity index (χ3v) is 6.78. The molecule has 3 aromatic heterocycles. The molecule has 0 bridgehead atoms. The summed E-state index contributed by atoms with van der Waals surface area (Å²) in [6.07, 6.45) is 0. The molecule has 0 radical (unpaired) electrons. The number of aromatic nitrogens is 4. The Morgan fingerprint density at radius 1 is 1.06 bits per heavy atom. The number of imidazole rings is 1. The Bertz CT molecular complexity index is 1620. The van der Waals surface area contributed by atoms with Crippen molar-refractivity contribution in [1.82, 2.24) is 25.0 Å². The summed E-state index contributed by atoms with van der Waals surface area (Å²) in [4.78, 5) is 28.7. The fourth-order valence-corrected chi connectivity index (χ4v) is 4.73. The molecule has 10 heteroatoms. The lowest BCUT2D eigenvalue weighted by molar-refractivity contribution is 0.313. The van der Waals surface area contributed by atoms with Crippen LogP contribution in [0.5, 0.6) is 0 Å². The molecule has 0 atom stereocenters. The molecule has 6 rings (SSSR count). The number of nitrogens with two attached hydrogens (primary N) is 1. The van der Waals surface area contributed by atoms with E-state index in [4.69, 9.17) is 15.2 Å². The van der Waals surface area contributed by atoms with Crippen LogP contribution in [0, 0.1) is 6.92 Å². The summed E-state index contributed by atoms with van der Waals surface area (Å²) in [5, 5.41) is 8.08. The Balaban J connectivity index is 1.34. The van der Waals surface area contributed by atoms with Gasteiger partial charge < -0.3 is 35.3 Å². The Morgan fingerprint density at radius 3 is 2.67 bits per heavy atom. The molecule has 1 fully saturated rings. The molecule has 2 aromatic carbocycles. The van der Waals surface area contributed by atoms with Crippen molar-refractivity contribution in [3.63, 3.8) is 0 Å². The quantitative estimate of drug-likeness (QED) is 0.299. The molecule has 0 amide bonds. The van der Waals surface area contributed by atoms with Gasteiger partial charge in [0, 0.05) is 49.0 Å². The number of hydrogen-bond donors (Lipinski definition) is 4. The van der Waals surface area contributed by atoms with E-state index in [1.807, 2.05) is 37.3 Å². The fraction of sp³-hybridized carbons (Fsp3) is 0.269. The molecule has 4 heterocycles. The summed E-state index contributed by atoms with van der Waals surface area (Å²) in [5.41, 5.74) is 12.1. The zero-order valence-corrected chi connectivity index (χ0v) is 20.3. The van der Waals surface area contributed by atoms with Gasteiger partial charge in [-0.2, -0.15) is 0 Å². The molecule has 10 nitrogen and oxygen atoms in total. The minimum absolute atomic E-state index is 0.280. The van der Waals surface area contributed by atoms with Crippen molar-refractivity contribution in [2.45, 2.75) is 13.5 Å². The molecule has 1 aliphatic rings. The Kier molecular flexibility index (Phi) is 5.37. The van der Waals surface area contributed by atoms with Crippen molar-refractivity contribution in [1.29, 1.82) is 0 Å². The van der Waals surface area contributed by atoms with Gasteiger partial charge in [-0.25, -0.2) is 4.98 Å². The number of likely N-dealkylation sites (N-methyl/N-ethyl adjacent to an activating group) is 1. The summed E-state index contributed by atoms with van der Waals surface area (Å²) < 4.78 is 5.13. The standard InChI is InChI=1S/C26H28N8O2/c1-15-11-17(32-36-15)14-28-16-3-5-20-19(12-16)24(27)23(26(35)31-20)25-29-21-6-4-18(13-22(21)30-25)34-9-7-33(2)8-10-34/h3-6,11-13,28H,7-10,14H2,1-2H3,(H,29,30)(H3,27,31,35). The minimum atomic E-state index is -0.280. The molecule has 1 saturated heterocycles. The van der Waals surface area contributed by atoms with Gasteiger partial charge >= 0.3 is 0 Å². The van der Waals surface area contributed by atoms with Crippen LogP contribution in [-0.4, -0.2) is 58.2 Å². The number of fused-ring (bicyclic) bond motifs is 2. The monoisotopic (exact) mass is 484 g/mol. The number of hydrogen-bond acceptors (Lipinski definition) is 8. The van der Waals surface area contributed by atoms with Crippen LogP contribution in [0.25, 0.3) is 33.3 Å². The van der Waals surface area contributed by atoms with E-state index in [1.165, 1.54) is 0 Å². The van der Waals surface area contributed by atoms with Crippen molar-refractivity contribution in [2.75, 3.05) is 49.2 Å². The first-order chi connectivity index (χ1) is 17.4. The lowest BCUT2D eigenvalue weighted by atomic mass is 10.1. The number of rotatable bonds is 5. The van der Waals surface area contributed by atoms with Gasteiger partial charge in [-0.15, -0.1) is 0 Å². The molecule has 1 aliphatic heterocycles. The van der Waals surface area contributed by atoms with E-state index in [-0.39, 0.29) is 5.56 Å². The third kappa shape index (κ3) is 4.05. The van der Waals surface area contributed by atoms with Crippen LogP contribution >= 0.6 is 0 Å². The average Bonchev–Trinajstić information content (AvgIpc) is 3.48. The highest BCUT2D eigenvalue weighted by Crippen LogP contribution is 2.31. The number of aromatic amines is 2. The van der Waals surface area contributed by atoms with Crippen molar-refractivity contribution in [3.8, 4) is 11.4 Å². The summed E-state index contributed by atoms with van der Waals surface area (Å²) in [6, 6.07) is 13.7. The van der Waals surface area contributed by atoms with Gasteiger partial charge in [0.25, 0.3) is 5.56 Å². The molecule has 184 valence electrons. The predicted octanol–water partition coefficient (Wildman–Crippen LogP) is 3.31. The van der Waals surface area contributed by atoms with E-state index < -0.39 is 0 Å². The number of pyridine rings is 1. The van der Waals surface area contributed by atoms with Crippen molar-refractivity contribution in [2.24, 2.45) is 0 Å². The van der Waals surface area contributed by atoms with E-state index in [0.29, 0.717) is 29.1 Å². The Labute approximate surface area is 207 Å². The van der Waals surface area contributed by atoms with Gasteiger partial charge in [-0.05, 0) is 50.4 Å². The second-order valence-electron chi connectivity index (χ2n) is 9.36. The molecular formula is C26H28N8O2. The first kappa shape index (κ1) is 22.2. The van der Waals surface area contributed by atoms with Crippen LogP contribution in [0.2, 0.25) is 0 Å². The number of nitrogens with zero attached hydrogens (tertiary/aromatic N) is 4. The predicted molar refractivity (Wildman–Crippen MR) is 142 cm³/mol. The number of nitrogen functional groups attached to an aromatic ring is 1. The van der Waals surface area contributed by atoms with Crippen molar-refractivity contribution in [3.05, 3.63) is 64.3 Å². The van der Waals surface area contributed by atoms with Crippen LogP contribution in [0.1, 0.15) is 11.5 Å². The van der Waals surface area contributed by atoms with Crippen LogP contribution in [0.15, 0.2) is 51.8 Å². The first-order valence-electron chi connectivity index (χ1n) is 12.0. The van der Waals surface area contributed by atoms with E-state index in [9.17, 15) is 4.79 Å². The molecule has 0 unspecified atom stereocenters. The van der Waals surface area contributed by atoms with Gasteiger partial charge in [-0.1, -0.05) is 5.16 Å². The molecule has 5 N–H and O–H groups in total. The third-order valence-electron chi connectivity index (χ3n) is 6.78. The summed E-state index contributed by atoms with van der Waals surface area (Å²) in [7, 11) is 2.14. The van der Waals surface area contributed by atoms with E-state index in [2.05, 4.69) is 49.4 Å². The summed E-state index contributed by atoms with van der Waals surface area (Å²) >= 11 is 0. The first-order valence-corrected chi connectivity index (χ1v) is 12.0. The Hall–Kier alpha value is -4.31. The largest absolute Gasteiger partial charge is 0.397 e. The summed E-state index contributed by atoms with van der Waals surface area (Å²) in [6.45, 7) is 6.39. The lowest BCUT2D eigenvalue weighted by Gasteiger charge is -2.34. The molecule has 0 aliphatic carbocycles. The Morgan fingerprint density at radius 2 is 1.89 bits per heavy atom. The highest BCUT2D eigenvalue weighted by molar-refractivity contribution is 5.99. The molecule has 36 heavy (non-hydrogen) atoms. The highest BCUT2D eigenvalue weighted by atomic mass is 16.5. The van der Waals surface area contributed by atoms with Gasteiger partial charge in [0.15, 0.2) is 0 Å². The van der Waals surface area contributed by atoms with Crippen LogP contribution in [-0.2, 0) is 6.54 Å². The number of aryl methyl sites for hydroxylation is 1. The van der Waals surface area contributed by atoms with Crippen LogP contribution < -0.4 is 21.5 Å². The van der Waals surface area contributed by atoms with Gasteiger partial charge in [0.05, 0.1) is 28.8 Å². The molecule has 0 saturated carbocycles. The maximum atomic E-state index is 13.0. The van der Waals surface area contributed by atoms with E-state index in [0.717, 1.165) is 65.4 Å². The smallest absolute Gasteiger partial charge is 0.261 e. The number of H-pyrrole nitrogens is 2. The zero-order valence-electron chi connectivity index (χ0n) is 20.3. The highest BCUT2D eigenvalue weighted by Gasteiger charge is 2.18. The maximum absolute atomic E-state index is 13.0. The fourth-order valence-electron chi connectivity index (χ4n) is 4.73. The number of piperazine rings is 1. The maximum Gasteiger partial charge on any atom is 0.261 e. The normalized spacial score (nSPS) is 14.7. The number of nitrogens with one attached hydrogen (secondary N) is 3. The zero-order chi connectivity index (χ0) is 24.8. The van der Waals surface area contributed by atoms with E-state index in [1.54, 1.807) is 0 Å². The molecule has 0 spiro atoms. The topological polar surface area (TPSA) is 132 Å². The van der Waals surface area contributed by atoms with Gasteiger partial charge in [0.2, 0.25) is 0 Å².